The van der Waals surface area contributed by atoms with Gasteiger partial charge in [0.2, 0.25) is 5.71 Å². The number of fused-ring (bicyclic) bond motifs is 4. The molecule has 0 aliphatic carbocycles. The average Bonchev–Trinajstić information content (AvgIpc) is 2.73. The number of benzene rings is 1. The van der Waals surface area contributed by atoms with Crippen molar-refractivity contribution in [2.75, 3.05) is 0 Å². The van der Waals surface area contributed by atoms with Gasteiger partial charge < -0.3 is 4.42 Å². The molecular weight excluding hydrogens is 214 g/mol. The maximum atomic E-state index is 5.65. The molecule has 0 fully saturated rings. The summed E-state index contributed by atoms with van der Waals surface area (Å²) in [6, 6.07) is 11.5. The van der Waals surface area contributed by atoms with Crippen molar-refractivity contribution in [2.45, 2.75) is 0 Å². The summed E-state index contributed by atoms with van der Waals surface area (Å²) in [5.41, 5.74) is 3.53. The number of rotatable bonds is 0. The zero-order valence-electron chi connectivity index (χ0n) is 8.79. The van der Waals surface area contributed by atoms with Crippen molar-refractivity contribution in [3.8, 4) is 0 Å². The molecule has 3 heterocycles. The summed E-state index contributed by atoms with van der Waals surface area (Å²) < 4.78 is 5.65. The van der Waals surface area contributed by atoms with Crippen molar-refractivity contribution >= 4 is 33.4 Å². The Bertz CT molecular complexity index is 845. The Hall–Kier alpha value is -2.49. The molecular formula is C13H7N3O. The molecule has 3 aromatic heterocycles. The van der Waals surface area contributed by atoms with Gasteiger partial charge in [-0.2, -0.15) is 4.98 Å². The van der Waals surface area contributed by atoms with E-state index in [0.717, 1.165) is 22.0 Å². The van der Waals surface area contributed by atoms with Crippen LogP contribution in [0.2, 0.25) is 0 Å². The Morgan fingerprint density at radius 2 is 1.88 bits per heavy atom. The minimum Gasteiger partial charge on any atom is -0.436 e. The van der Waals surface area contributed by atoms with Gasteiger partial charge in [-0.1, -0.05) is 12.1 Å². The fraction of sp³-hybridized carbons (Fsp3) is 0. The topological polar surface area (TPSA) is 51.8 Å². The first-order valence-corrected chi connectivity index (χ1v) is 5.32. The molecule has 0 spiro atoms. The molecule has 4 aromatic rings. The monoisotopic (exact) mass is 221 g/mol. The first-order chi connectivity index (χ1) is 8.42. The van der Waals surface area contributed by atoms with Crippen LogP contribution in [0.4, 0.5) is 0 Å². The Morgan fingerprint density at radius 3 is 2.88 bits per heavy atom. The molecule has 80 valence electrons. The van der Waals surface area contributed by atoms with E-state index in [-0.39, 0.29) is 0 Å². The molecule has 0 N–H and O–H groups in total. The second kappa shape index (κ2) is 3.01. The summed E-state index contributed by atoms with van der Waals surface area (Å²) >= 11 is 0. The zero-order chi connectivity index (χ0) is 11.2. The van der Waals surface area contributed by atoms with Gasteiger partial charge in [-0.05, 0) is 24.3 Å². The molecule has 0 atom stereocenters. The second-order valence-electron chi connectivity index (χ2n) is 3.82. The van der Waals surface area contributed by atoms with Crippen LogP contribution in [0.5, 0.6) is 0 Å². The van der Waals surface area contributed by atoms with E-state index in [4.69, 9.17) is 4.42 Å². The average molecular weight is 221 g/mol. The lowest BCUT2D eigenvalue weighted by Crippen LogP contribution is -1.86. The maximum Gasteiger partial charge on any atom is 0.248 e. The highest BCUT2D eigenvalue weighted by Gasteiger charge is 2.10. The fourth-order valence-corrected chi connectivity index (χ4v) is 1.98. The predicted octanol–water partition coefficient (Wildman–Crippen LogP) is 2.92. The van der Waals surface area contributed by atoms with E-state index in [9.17, 15) is 0 Å². The van der Waals surface area contributed by atoms with E-state index in [2.05, 4.69) is 15.0 Å². The van der Waals surface area contributed by atoms with Gasteiger partial charge in [-0.3, -0.25) is 0 Å². The molecule has 4 rings (SSSR count). The number of aromatic nitrogens is 3. The zero-order valence-corrected chi connectivity index (χ0v) is 8.79. The fourth-order valence-electron chi connectivity index (χ4n) is 1.98. The van der Waals surface area contributed by atoms with Gasteiger partial charge in [0, 0.05) is 11.6 Å². The molecule has 1 aromatic carbocycles. The van der Waals surface area contributed by atoms with Crippen molar-refractivity contribution < 1.29 is 4.42 Å². The van der Waals surface area contributed by atoms with Crippen LogP contribution in [0.25, 0.3) is 33.4 Å². The highest BCUT2D eigenvalue weighted by molar-refractivity contribution is 6.02. The van der Waals surface area contributed by atoms with Crippen molar-refractivity contribution in [1.82, 2.24) is 15.0 Å². The van der Waals surface area contributed by atoms with Crippen molar-refractivity contribution in [3.63, 3.8) is 0 Å². The van der Waals surface area contributed by atoms with E-state index in [1.165, 1.54) is 0 Å². The third-order valence-corrected chi connectivity index (χ3v) is 2.76. The van der Waals surface area contributed by atoms with E-state index in [0.29, 0.717) is 11.4 Å². The van der Waals surface area contributed by atoms with Crippen LogP contribution >= 0.6 is 0 Å². The predicted molar refractivity (Wildman–Crippen MR) is 64.6 cm³/mol. The van der Waals surface area contributed by atoms with Gasteiger partial charge in [0.1, 0.15) is 16.6 Å². The molecule has 4 nitrogen and oxygen atoms in total. The molecule has 0 aliphatic rings. The van der Waals surface area contributed by atoms with Crippen molar-refractivity contribution in [2.24, 2.45) is 0 Å². The van der Waals surface area contributed by atoms with Gasteiger partial charge in [0.15, 0.2) is 5.65 Å². The summed E-state index contributed by atoms with van der Waals surface area (Å²) in [4.78, 5) is 13.1. The summed E-state index contributed by atoms with van der Waals surface area (Å²) in [5, 5.41) is 0.987. The molecule has 0 saturated heterocycles. The lowest BCUT2D eigenvalue weighted by Gasteiger charge is -1.93. The maximum absolute atomic E-state index is 5.65. The molecule has 0 aliphatic heterocycles. The van der Waals surface area contributed by atoms with Crippen LogP contribution in [0.3, 0.4) is 0 Å². The number of hydrogen-bond donors (Lipinski definition) is 0. The smallest absolute Gasteiger partial charge is 0.248 e. The molecule has 0 radical (unpaired) electrons. The molecule has 0 bridgehead atoms. The third kappa shape index (κ3) is 1.15. The summed E-state index contributed by atoms with van der Waals surface area (Å²) in [6.45, 7) is 0. The summed E-state index contributed by atoms with van der Waals surface area (Å²) in [5.74, 6) is 0. The molecule has 0 amide bonds. The lowest BCUT2D eigenvalue weighted by molar-refractivity contribution is 0.654. The molecule has 4 heteroatoms. The quantitative estimate of drug-likeness (QED) is 0.458. The van der Waals surface area contributed by atoms with Crippen molar-refractivity contribution in [1.29, 1.82) is 0 Å². The van der Waals surface area contributed by atoms with E-state index in [1.54, 1.807) is 6.20 Å². The lowest BCUT2D eigenvalue weighted by atomic mass is 10.2. The molecule has 0 unspecified atom stereocenters. The number of furan rings is 1. The first kappa shape index (κ1) is 8.64. The van der Waals surface area contributed by atoms with Crippen LogP contribution in [0.1, 0.15) is 0 Å². The van der Waals surface area contributed by atoms with Crippen LogP contribution in [0, 0.1) is 0 Å². The van der Waals surface area contributed by atoms with E-state index >= 15 is 0 Å². The highest BCUT2D eigenvalue weighted by Crippen LogP contribution is 2.26. The SMILES string of the molecule is c1cnc2nc3oc4ccccc4c3nc2c1. The standard InChI is InChI=1S/C13H7N3O/c1-2-6-10-8(4-1)11-13(17-10)16-12-9(15-11)5-3-7-14-12/h1-7H. The number of pyridine rings is 1. The van der Waals surface area contributed by atoms with Gasteiger partial charge in [-0.15, -0.1) is 0 Å². The van der Waals surface area contributed by atoms with Crippen LogP contribution in [-0.2, 0) is 0 Å². The Balaban J connectivity index is 2.28. The largest absolute Gasteiger partial charge is 0.436 e. The van der Waals surface area contributed by atoms with Crippen LogP contribution < -0.4 is 0 Å². The minimum atomic E-state index is 0.539. The summed E-state index contributed by atoms with van der Waals surface area (Å²) in [7, 11) is 0. The highest BCUT2D eigenvalue weighted by atomic mass is 16.3. The van der Waals surface area contributed by atoms with Crippen molar-refractivity contribution in [3.05, 3.63) is 42.6 Å². The number of nitrogens with zero attached hydrogens (tertiary/aromatic N) is 3. The van der Waals surface area contributed by atoms with E-state index < -0.39 is 0 Å². The van der Waals surface area contributed by atoms with E-state index in [1.807, 2.05) is 36.4 Å². The van der Waals surface area contributed by atoms with Crippen LogP contribution in [-0.4, -0.2) is 15.0 Å². The Labute approximate surface area is 95.9 Å². The van der Waals surface area contributed by atoms with Gasteiger partial charge >= 0.3 is 0 Å². The van der Waals surface area contributed by atoms with Gasteiger partial charge in [0.25, 0.3) is 0 Å². The molecule has 17 heavy (non-hydrogen) atoms. The second-order valence-corrected chi connectivity index (χ2v) is 3.82. The minimum absolute atomic E-state index is 0.539. The summed E-state index contributed by atoms with van der Waals surface area (Å²) in [6.07, 6.45) is 1.70. The van der Waals surface area contributed by atoms with Gasteiger partial charge in [-0.25, -0.2) is 9.97 Å². The number of para-hydroxylation sites is 1. The first-order valence-electron chi connectivity index (χ1n) is 5.32. The Kier molecular flexibility index (Phi) is 1.53. The normalized spacial score (nSPS) is 11.5. The number of hydrogen-bond acceptors (Lipinski definition) is 4. The Morgan fingerprint density at radius 1 is 0.941 bits per heavy atom. The van der Waals surface area contributed by atoms with Gasteiger partial charge in [0.05, 0.1) is 0 Å². The molecule has 0 saturated carbocycles. The third-order valence-electron chi connectivity index (χ3n) is 2.76. The van der Waals surface area contributed by atoms with Crippen LogP contribution in [0.15, 0.2) is 47.0 Å².